The van der Waals surface area contributed by atoms with Gasteiger partial charge in [-0.15, -0.1) is 0 Å². The highest BCUT2D eigenvalue weighted by Gasteiger charge is 2.11. The predicted octanol–water partition coefficient (Wildman–Crippen LogP) is 4.63. The number of hydrogen-bond acceptors (Lipinski definition) is 3. The fraction of sp³-hybridized carbons (Fsp3) is 0.0526. The summed E-state index contributed by atoms with van der Waals surface area (Å²) >= 11 is 11.3. The number of amides is 1. The average molecular weight is 371 g/mol. The number of anilines is 1. The lowest BCUT2D eigenvalue weighted by Crippen LogP contribution is -2.34. The Morgan fingerprint density at radius 3 is 2.56 bits per heavy atom. The molecule has 0 aliphatic carbocycles. The Morgan fingerprint density at radius 2 is 1.80 bits per heavy atom. The summed E-state index contributed by atoms with van der Waals surface area (Å²) in [5, 5.41) is 17.7. The highest BCUT2D eigenvalue weighted by atomic mass is 35.5. The number of aromatic hydroxyl groups is 1. The van der Waals surface area contributed by atoms with Gasteiger partial charge in [-0.1, -0.05) is 41.9 Å². The van der Waals surface area contributed by atoms with Crippen LogP contribution in [0.5, 0.6) is 5.75 Å². The van der Waals surface area contributed by atoms with Crippen LogP contribution in [0.15, 0.2) is 54.6 Å². The Labute approximate surface area is 155 Å². The second-order valence-electron chi connectivity index (χ2n) is 5.55. The molecule has 0 aromatic heterocycles. The number of fused-ring (bicyclic) bond motifs is 1. The number of phenols is 1. The second kappa shape index (κ2) is 7.09. The number of phenolic OH excluding ortho intramolecular Hbond substituents is 1. The van der Waals surface area contributed by atoms with E-state index >= 15 is 0 Å². The maximum atomic E-state index is 12.3. The van der Waals surface area contributed by atoms with Crippen LogP contribution in [-0.2, 0) is 0 Å². The normalized spacial score (nSPS) is 10.5. The topological polar surface area (TPSA) is 61.4 Å². The fourth-order valence-electron chi connectivity index (χ4n) is 2.47. The zero-order valence-corrected chi connectivity index (χ0v) is 14.9. The first-order valence-electron chi connectivity index (χ1n) is 7.55. The number of hydrogen-bond donors (Lipinski definition) is 3. The molecule has 0 saturated heterocycles. The van der Waals surface area contributed by atoms with Crippen molar-refractivity contribution in [3.63, 3.8) is 0 Å². The van der Waals surface area contributed by atoms with Gasteiger partial charge in [-0.3, -0.25) is 10.1 Å². The van der Waals surface area contributed by atoms with Crippen LogP contribution in [0.25, 0.3) is 10.8 Å². The van der Waals surface area contributed by atoms with Gasteiger partial charge in [-0.05, 0) is 49.0 Å². The van der Waals surface area contributed by atoms with Gasteiger partial charge in [-0.2, -0.15) is 0 Å². The summed E-state index contributed by atoms with van der Waals surface area (Å²) in [5.74, 6) is -0.159. The van der Waals surface area contributed by atoms with Gasteiger partial charge in [0.15, 0.2) is 5.11 Å². The van der Waals surface area contributed by atoms with Crippen LogP contribution < -0.4 is 10.6 Å². The number of nitrogens with one attached hydrogen (secondary N) is 2. The molecule has 0 saturated carbocycles. The standard InChI is InChI=1S/C19H15ClN2O2S/c1-11-8-9-12(10-15(11)20)18(24)22-19(25)21-16-6-2-5-14-13(16)4-3-7-17(14)23/h2-10,23H,1H3,(H2,21,22,24,25). The minimum Gasteiger partial charge on any atom is -0.507 e. The number of thiocarbonyl (C=S) groups is 1. The minimum atomic E-state index is -0.345. The molecule has 3 N–H and O–H groups in total. The Bertz CT molecular complexity index is 988. The monoisotopic (exact) mass is 370 g/mol. The van der Waals surface area contributed by atoms with E-state index in [9.17, 15) is 9.90 Å². The van der Waals surface area contributed by atoms with E-state index in [0.717, 1.165) is 10.9 Å². The first kappa shape index (κ1) is 17.2. The molecule has 1 amide bonds. The zero-order valence-electron chi connectivity index (χ0n) is 13.3. The van der Waals surface area contributed by atoms with Crippen molar-refractivity contribution in [2.24, 2.45) is 0 Å². The molecular formula is C19H15ClN2O2S. The molecule has 3 aromatic rings. The maximum Gasteiger partial charge on any atom is 0.257 e. The van der Waals surface area contributed by atoms with Gasteiger partial charge in [0.1, 0.15) is 5.75 Å². The van der Waals surface area contributed by atoms with Gasteiger partial charge in [0, 0.05) is 27.0 Å². The van der Waals surface area contributed by atoms with E-state index in [1.54, 1.807) is 36.4 Å². The Hall–Kier alpha value is -2.63. The lowest BCUT2D eigenvalue weighted by molar-refractivity contribution is 0.0977. The fourth-order valence-corrected chi connectivity index (χ4v) is 2.85. The van der Waals surface area contributed by atoms with Crippen LogP contribution in [0, 0.1) is 6.92 Å². The summed E-state index contributed by atoms with van der Waals surface area (Å²) < 4.78 is 0. The largest absolute Gasteiger partial charge is 0.507 e. The summed E-state index contributed by atoms with van der Waals surface area (Å²) in [7, 11) is 0. The number of aryl methyl sites for hydroxylation is 1. The van der Waals surface area contributed by atoms with Crippen LogP contribution in [0.2, 0.25) is 5.02 Å². The van der Waals surface area contributed by atoms with Crippen LogP contribution in [-0.4, -0.2) is 16.1 Å². The molecule has 0 fully saturated rings. The molecule has 0 spiro atoms. The van der Waals surface area contributed by atoms with Crippen LogP contribution in [0.1, 0.15) is 15.9 Å². The van der Waals surface area contributed by atoms with Crippen molar-refractivity contribution < 1.29 is 9.90 Å². The molecule has 3 rings (SSSR count). The van der Waals surface area contributed by atoms with Gasteiger partial charge < -0.3 is 10.4 Å². The van der Waals surface area contributed by atoms with Gasteiger partial charge in [0.2, 0.25) is 0 Å². The second-order valence-corrected chi connectivity index (χ2v) is 6.37. The van der Waals surface area contributed by atoms with Crippen LogP contribution >= 0.6 is 23.8 Å². The molecule has 6 heteroatoms. The van der Waals surface area contributed by atoms with Gasteiger partial charge in [0.25, 0.3) is 5.91 Å². The van der Waals surface area contributed by atoms with Crippen molar-refractivity contribution in [1.82, 2.24) is 5.32 Å². The zero-order chi connectivity index (χ0) is 18.0. The van der Waals surface area contributed by atoms with Gasteiger partial charge in [-0.25, -0.2) is 0 Å². The van der Waals surface area contributed by atoms with Crippen molar-refractivity contribution in [3.05, 3.63) is 70.7 Å². The van der Waals surface area contributed by atoms with Crippen molar-refractivity contribution >= 4 is 51.3 Å². The van der Waals surface area contributed by atoms with Crippen molar-refractivity contribution in [2.45, 2.75) is 6.92 Å². The third-order valence-corrected chi connectivity index (χ3v) is 4.42. The van der Waals surface area contributed by atoms with E-state index in [0.29, 0.717) is 21.7 Å². The first-order chi connectivity index (χ1) is 12.0. The lowest BCUT2D eigenvalue weighted by atomic mass is 10.1. The Morgan fingerprint density at radius 1 is 1.08 bits per heavy atom. The number of rotatable bonds is 2. The highest BCUT2D eigenvalue weighted by Crippen LogP contribution is 2.29. The molecule has 0 aliphatic rings. The summed E-state index contributed by atoms with van der Waals surface area (Å²) in [6, 6.07) is 15.7. The van der Waals surface area contributed by atoms with Gasteiger partial charge in [0.05, 0.1) is 0 Å². The third kappa shape index (κ3) is 3.73. The van der Waals surface area contributed by atoms with E-state index < -0.39 is 0 Å². The number of benzene rings is 3. The molecule has 0 atom stereocenters. The smallest absolute Gasteiger partial charge is 0.257 e. The number of carbonyl (C=O) groups excluding carboxylic acids is 1. The SMILES string of the molecule is Cc1ccc(C(=O)NC(=S)Nc2cccc3c(O)cccc23)cc1Cl. The maximum absolute atomic E-state index is 12.3. The lowest BCUT2D eigenvalue weighted by Gasteiger charge is -2.12. The average Bonchev–Trinajstić information content (AvgIpc) is 2.58. The number of halogens is 1. The number of carbonyl (C=O) groups is 1. The van der Waals surface area contributed by atoms with Crippen LogP contribution in [0.3, 0.4) is 0 Å². The van der Waals surface area contributed by atoms with Crippen molar-refractivity contribution in [1.29, 1.82) is 0 Å². The molecule has 4 nitrogen and oxygen atoms in total. The van der Waals surface area contributed by atoms with Crippen LogP contribution in [0.4, 0.5) is 5.69 Å². The highest BCUT2D eigenvalue weighted by molar-refractivity contribution is 7.80. The van der Waals surface area contributed by atoms with E-state index in [2.05, 4.69) is 10.6 Å². The molecule has 126 valence electrons. The minimum absolute atomic E-state index is 0.164. The third-order valence-electron chi connectivity index (χ3n) is 3.81. The Kier molecular flexibility index (Phi) is 4.88. The van der Waals surface area contributed by atoms with Gasteiger partial charge >= 0.3 is 0 Å². The molecule has 0 radical (unpaired) electrons. The molecule has 3 aromatic carbocycles. The summed E-state index contributed by atoms with van der Waals surface area (Å²) in [6.45, 7) is 1.87. The molecular weight excluding hydrogens is 356 g/mol. The molecule has 0 unspecified atom stereocenters. The van der Waals surface area contributed by atoms with E-state index in [4.69, 9.17) is 23.8 Å². The molecule has 0 bridgehead atoms. The predicted molar refractivity (Wildman–Crippen MR) is 105 cm³/mol. The van der Waals surface area contributed by atoms with E-state index in [1.807, 2.05) is 25.1 Å². The van der Waals surface area contributed by atoms with E-state index in [1.165, 1.54) is 0 Å². The molecule has 25 heavy (non-hydrogen) atoms. The summed E-state index contributed by atoms with van der Waals surface area (Å²) in [6.07, 6.45) is 0. The summed E-state index contributed by atoms with van der Waals surface area (Å²) in [4.78, 5) is 12.3. The molecule has 0 aliphatic heterocycles. The first-order valence-corrected chi connectivity index (χ1v) is 8.33. The summed E-state index contributed by atoms with van der Waals surface area (Å²) in [5.41, 5.74) is 2.02. The van der Waals surface area contributed by atoms with Crippen molar-refractivity contribution in [2.75, 3.05) is 5.32 Å². The Balaban J connectivity index is 1.78. The quantitative estimate of drug-likeness (QED) is 0.575. The van der Waals surface area contributed by atoms with E-state index in [-0.39, 0.29) is 16.8 Å². The van der Waals surface area contributed by atoms with Crippen molar-refractivity contribution in [3.8, 4) is 5.75 Å². The molecule has 0 heterocycles.